The number of aryl methyl sites for hydroxylation is 2. The second-order valence-electron chi connectivity index (χ2n) is 5.31. The molecule has 0 saturated carbocycles. The number of aromatic nitrogens is 1. The van der Waals surface area contributed by atoms with E-state index in [0.29, 0.717) is 5.92 Å². The largest absolute Gasteiger partial charge is 0.370 e. The minimum Gasteiger partial charge on any atom is -0.370 e. The molecule has 1 heterocycles. The van der Waals surface area contributed by atoms with E-state index >= 15 is 0 Å². The summed E-state index contributed by atoms with van der Waals surface area (Å²) in [4.78, 5) is 4.82. The van der Waals surface area contributed by atoms with Crippen LogP contribution in [0.2, 0.25) is 0 Å². The van der Waals surface area contributed by atoms with E-state index in [9.17, 15) is 0 Å². The Morgan fingerprint density at radius 2 is 1.95 bits per heavy atom. The molecule has 0 aliphatic heterocycles. The Hall–Kier alpha value is -1.09. The zero-order valence-electron chi connectivity index (χ0n) is 12.3. The number of anilines is 1. The molecule has 3 heteroatoms. The molecule has 1 aromatic carbocycles. The highest BCUT2D eigenvalue weighted by Gasteiger charge is 2.13. The van der Waals surface area contributed by atoms with Gasteiger partial charge in [0.1, 0.15) is 5.82 Å². The van der Waals surface area contributed by atoms with Crippen molar-refractivity contribution in [3.8, 4) is 0 Å². The van der Waals surface area contributed by atoms with Gasteiger partial charge >= 0.3 is 0 Å². The van der Waals surface area contributed by atoms with E-state index in [1.807, 2.05) is 0 Å². The van der Waals surface area contributed by atoms with Crippen molar-refractivity contribution in [2.45, 2.75) is 40.5 Å². The number of benzene rings is 1. The van der Waals surface area contributed by atoms with Crippen molar-refractivity contribution in [3.63, 3.8) is 0 Å². The summed E-state index contributed by atoms with van der Waals surface area (Å²) in [6.07, 6.45) is 0. The first-order chi connectivity index (χ1) is 8.95. The molecule has 0 atom stereocenters. The van der Waals surface area contributed by atoms with Gasteiger partial charge in [-0.05, 0) is 55.5 Å². The summed E-state index contributed by atoms with van der Waals surface area (Å²) >= 11 is 3.67. The van der Waals surface area contributed by atoms with E-state index in [4.69, 9.17) is 4.98 Å². The van der Waals surface area contributed by atoms with Crippen LogP contribution in [0.4, 0.5) is 5.82 Å². The summed E-state index contributed by atoms with van der Waals surface area (Å²) < 4.78 is 1.19. The Labute approximate surface area is 123 Å². The van der Waals surface area contributed by atoms with E-state index in [1.165, 1.54) is 26.5 Å². The standard InChI is InChI=1S/C16H21BrN2/c1-6-18-16-12(9(2)3)8-13-11(5)15(17)10(4)7-14(13)19-16/h7-9H,6H2,1-5H3,(H,18,19). The molecule has 0 radical (unpaired) electrons. The lowest BCUT2D eigenvalue weighted by Gasteiger charge is -2.16. The predicted molar refractivity (Wildman–Crippen MR) is 87.2 cm³/mol. The first kappa shape index (κ1) is 14.3. The summed E-state index contributed by atoms with van der Waals surface area (Å²) in [7, 11) is 0. The number of halogens is 1. The van der Waals surface area contributed by atoms with Gasteiger partial charge in [-0.2, -0.15) is 0 Å². The van der Waals surface area contributed by atoms with Crippen LogP contribution >= 0.6 is 15.9 Å². The van der Waals surface area contributed by atoms with Crippen molar-refractivity contribution < 1.29 is 0 Å². The SMILES string of the molecule is CCNc1nc2cc(C)c(Br)c(C)c2cc1C(C)C. The van der Waals surface area contributed by atoms with Crippen LogP contribution in [0.25, 0.3) is 10.9 Å². The highest BCUT2D eigenvalue weighted by atomic mass is 79.9. The Kier molecular flexibility index (Phi) is 4.14. The van der Waals surface area contributed by atoms with E-state index < -0.39 is 0 Å². The predicted octanol–water partition coefficient (Wildman–Crippen LogP) is 5.17. The Bertz CT molecular complexity index is 618. The molecule has 0 spiro atoms. The maximum absolute atomic E-state index is 4.82. The van der Waals surface area contributed by atoms with Crippen molar-refractivity contribution in [1.82, 2.24) is 4.98 Å². The molecule has 19 heavy (non-hydrogen) atoms. The van der Waals surface area contributed by atoms with Crippen LogP contribution in [0.1, 0.15) is 43.4 Å². The average molecular weight is 321 g/mol. The second-order valence-corrected chi connectivity index (χ2v) is 6.10. The van der Waals surface area contributed by atoms with Crippen LogP contribution in [-0.2, 0) is 0 Å². The third-order valence-electron chi connectivity index (χ3n) is 3.48. The van der Waals surface area contributed by atoms with Crippen molar-refractivity contribution in [2.75, 3.05) is 11.9 Å². The number of rotatable bonds is 3. The van der Waals surface area contributed by atoms with E-state index in [-0.39, 0.29) is 0 Å². The molecule has 2 aromatic rings. The summed E-state index contributed by atoms with van der Waals surface area (Å²) in [5.74, 6) is 1.48. The third-order valence-corrected chi connectivity index (χ3v) is 4.70. The molecule has 0 saturated heterocycles. The molecular weight excluding hydrogens is 300 g/mol. The lowest BCUT2D eigenvalue weighted by atomic mass is 9.98. The molecule has 0 amide bonds. The van der Waals surface area contributed by atoms with Crippen molar-refractivity contribution in [2.24, 2.45) is 0 Å². The van der Waals surface area contributed by atoms with Gasteiger partial charge in [-0.3, -0.25) is 0 Å². The maximum Gasteiger partial charge on any atom is 0.130 e. The second kappa shape index (κ2) is 5.49. The van der Waals surface area contributed by atoms with Crippen molar-refractivity contribution >= 4 is 32.7 Å². The van der Waals surface area contributed by atoms with Gasteiger partial charge in [-0.15, -0.1) is 0 Å². The average Bonchev–Trinajstić information content (AvgIpc) is 2.36. The zero-order valence-corrected chi connectivity index (χ0v) is 13.9. The Morgan fingerprint density at radius 1 is 1.26 bits per heavy atom. The molecular formula is C16H21BrN2. The lowest BCUT2D eigenvalue weighted by Crippen LogP contribution is -2.05. The molecule has 0 aliphatic rings. The number of fused-ring (bicyclic) bond motifs is 1. The van der Waals surface area contributed by atoms with Crippen LogP contribution in [-0.4, -0.2) is 11.5 Å². The van der Waals surface area contributed by atoms with Crippen LogP contribution < -0.4 is 5.32 Å². The molecule has 0 fully saturated rings. The van der Waals surface area contributed by atoms with Gasteiger partial charge in [-0.25, -0.2) is 4.98 Å². The summed E-state index contributed by atoms with van der Waals surface area (Å²) in [5, 5.41) is 4.62. The molecule has 0 bridgehead atoms. The zero-order chi connectivity index (χ0) is 14.2. The molecule has 2 rings (SSSR count). The molecule has 1 aromatic heterocycles. The van der Waals surface area contributed by atoms with Gasteiger partial charge in [0.2, 0.25) is 0 Å². The minimum absolute atomic E-state index is 0.463. The fourth-order valence-electron chi connectivity index (χ4n) is 2.38. The number of hydrogen-bond donors (Lipinski definition) is 1. The first-order valence-corrected chi connectivity index (χ1v) is 7.59. The van der Waals surface area contributed by atoms with E-state index in [1.54, 1.807) is 0 Å². The third kappa shape index (κ3) is 2.62. The van der Waals surface area contributed by atoms with E-state index in [2.05, 4.69) is 68.0 Å². The molecule has 102 valence electrons. The lowest BCUT2D eigenvalue weighted by molar-refractivity contribution is 0.861. The number of pyridine rings is 1. The van der Waals surface area contributed by atoms with E-state index in [0.717, 1.165) is 17.9 Å². The maximum atomic E-state index is 4.82. The van der Waals surface area contributed by atoms with Crippen LogP contribution in [0.15, 0.2) is 16.6 Å². The fourth-order valence-corrected chi connectivity index (χ4v) is 2.71. The fraction of sp³-hybridized carbons (Fsp3) is 0.438. The highest BCUT2D eigenvalue weighted by Crippen LogP contribution is 2.33. The van der Waals surface area contributed by atoms with Gasteiger partial charge in [0.05, 0.1) is 5.52 Å². The van der Waals surface area contributed by atoms with Crippen LogP contribution in [0.5, 0.6) is 0 Å². The van der Waals surface area contributed by atoms with Crippen LogP contribution in [0, 0.1) is 13.8 Å². The van der Waals surface area contributed by atoms with Gasteiger partial charge in [0.25, 0.3) is 0 Å². The van der Waals surface area contributed by atoms with Crippen LogP contribution in [0.3, 0.4) is 0 Å². The quantitative estimate of drug-likeness (QED) is 0.843. The summed E-state index contributed by atoms with van der Waals surface area (Å²) in [6, 6.07) is 4.43. The van der Waals surface area contributed by atoms with Gasteiger partial charge in [0.15, 0.2) is 0 Å². The van der Waals surface area contributed by atoms with Crippen molar-refractivity contribution in [3.05, 3.63) is 33.3 Å². The van der Waals surface area contributed by atoms with Gasteiger partial charge in [-0.1, -0.05) is 29.8 Å². The Morgan fingerprint density at radius 3 is 2.53 bits per heavy atom. The first-order valence-electron chi connectivity index (χ1n) is 6.79. The van der Waals surface area contributed by atoms with Crippen molar-refractivity contribution in [1.29, 1.82) is 0 Å². The molecule has 0 aliphatic carbocycles. The molecule has 1 N–H and O–H groups in total. The highest BCUT2D eigenvalue weighted by molar-refractivity contribution is 9.10. The minimum atomic E-state index is 0.463. The number of hydrogen-bond acceptors (Lipinski definition) is 2. The van der Waals surface area contributed by atoms with Gasteiger partial charge < -0.3 is 5.32 Å². The normalized spacial score (nSPS) is 11.3. The smallest absolute Gasteiger partial charge is 0.130 e. The number of nitrogens with one attached hydrogen (secondary N) is 1. The summed E-state index contributed by atoms with van der Waals surface area (Å²) in [6.45, 7) is 11.7. The number of nitrogens with zero attached hydrogens (tertiary/aromatic N) is 1. The topological polar surface area (TPSA) is 24.9 Å². The molecule has 0 unspecified atom stereocenters. The monoisotopic (exact) mass is 320 g/mol. The Balaban J connectivity index is 2.77. The molecule has 2 nitrogen and oxygen atoms in total. The van der Waals surface area contributed by atoms with Gasteiger partial charge in [0, 0.05) is 16.4 Å². The summed E-state index contributed by atoms with van der Waals surface area (Å²) in [5.41, 5.74) is 4.86.